The first-order chi connectivity index (χ1) is 6.61. The van der Waals surface area contributed by atoms with Gasteiger partial charge in [-0.05, 0) is 24.5 Å². The zero-order valence-electron chi connectivity index (χ0n) is 7.66. The van der Waals surface area contributed by atoms with Crippen molar-refractivity contribution in [1.29, 1.82) is 0 Å². The Balaban J connectivity index is 2.59. The number of carbonyl (C=O) groups is 1. The summed E-state index contributed by atoms with van der Waals surface area (Å²) in [5.41, 5.74) is 7.19. The monoisotopic (exact) mass is 213 g/mol. The summed E-state index contributed by atoms with van der Waals surface area (Å²) in [7, 11) is 0. The summed E-state index contributed by atoms with van der Waals surface area (Å²) in [6, 6.07) is 5.40. The van der Waals surface area contributed by atoms with Crippen LogP contribution in [-0.2, 0) is 11.2 Å². The number of nitrogens with two attached hydrogens (primary N) is 1. The summed E-state index contributed by atoms with van der Waals surface area (Å²) in [4.78, 5) is 10.3. The topological polar surface area (TPSA) is 63.3 Å². The molecule has 0 spiro atoms. The Kier molecular flexibility index (Phi) is 3.77. The number of carboxylic acid groups (broad SMARTS) is 1. The van der Waals surface area contributed by atoms with E-state index >= 15 is 0 Å². The SMILES string of the molecule is Nc1c(Cl)cccc1CCCC(=O)O. The molecule has 0 aliphatic carbocycles. The van der Waals surface area contributed by atoms with E-state index in [0.717, 1.165) is 5.56 Å². The Bertz CT molecular complexity index is 339. The lowest BCUT2D eigenvalue weighted by Crippen LogP contribution is -1.99. The number of para-hydroxylation sites is 1. The second kappa shape index (κ2) is 4.86. The third kappa shape index (κ3) is 2.92. The zero-order valence-corrected chi connectivity index (χ0v) is 8.42. The molecule has 14 heavy (non-hydrogen) atoms. The van der Waals surface area contributed by atoms with Gasteiger partial charge in [0.15, 0.2) is 0 Å². The normalized spacial score (nSPS) is 10.1. The summed E-state index contributed by atoms with van der Waals surface area (Å²) >= 11 is 5.81. The Labute approximate surface area is 87.5 Å². The van der Waals surface area contributed by atoms with Gasteiger partial charge in [0.2, 0.25) is 0 Å². The highest BCUT2D eigenvalue weighted by Gasteiger charge is 2.03. The fourth-order valence-corrected chi connectivity index (χ4v) is 1.42. The van der Waals surface area contributed by atoms with E-state index in [9.17, 15) is 4.79 Å². The summed E-state index contributed by atoms with van der Waals surface area (Å²) in [5.74, 6) is -0.786. The minimum absolute atomic E-state index is 0.159. The lowest BCUT2D eigenvalue weighted by molar-refractivity contribution is -0.137. The third-order valence-corrected chi connectivity index (χ3v) is 2.31. The van der Waals surface area contributed by atoms with Crippen molar-refractivity contribution in [2.24, 2.45) is 0 Å². The molecule has 1 aromatic carbocycles. The molecule has 0 aliphatic rings. The first-order valence-electron chi connectivity index (χ1n) is 4.36. The predicted octanol–water partition coefficient (Wildman–Crippen LogP) is 2.33. The van der Waals surface area contributed by atoms with Crippen molar-refractivity contribution in [3.8, 4) is 0 Å². The number of nitrogen functional groups attached to an aromatic ring is 1. The van der Waals surface area contributed by atoms with E-state index < -0.39 is 5.97 Å². The number of aliphatic carboxylic acids is 1. The van der Waals surface area contributed by atoms with Gasteiger partial charge in [0.05, 0.1) is 10.7 Å². The molecule has 76 valence electrons. The van der Waals surface area contributed by atoms with Crippen molar-refractivity contribution in [2.75, 3.05) is 5.73 Å². The standard InChI is InChI=1S/C10H12ClNO2/c11-8-5-1-3-7(10(8)12)4-2-6-9(13)14/h1,3,5H,2,4,6,12H2,(H,13,14). The molecule has 3 nitrogen and oxygen atoms in total. The number of halogens is 1. The zero-order chi connectivity index (χ0) is 10.6. The van der Waals surface area contributed by atoms with Gasteiger partial charge in [-0.15, -0.1) is 0 Å². The number of anilines is 1. The Hall–Kier alpha value is -1.22. The van der Waals surface area contributed by atoms with Gasteiger partial charge in [-0.3, -0.25) is 4.79 Å². The first-order valence-corrected chi connectivity index (χ1v) is 4.73. The molecular weight excluding hydrogens is 202 g/mol. The second-order valence-electron chi connectivity index (χ2n) is 3.06. The number of hydrogen-bond donors (Lipinski definition) is 2. The molecular formula is C10H12ClNO2. The van der Waals surface area contributed by atoms with E-state index in [0.29, 0.717) is 23.6 Å². The van der Waals surface area contributed by atoms with Crippen LogP contribution >= 0.6 is 11.6 Å². The summed E-state index contributed by atoms with van der Waals surface area (Å²) < 4.78 is 0. The van der Waals surface area contributed by atoms with E-state index in [1.165, 1.54) is 0 Å². The van der Waals surface area contributed by atoms with Crippen LogP contribution in [0.1, 0.15) is 18.4 Å². The Morgan fingerprint density at radius 3 is 2.86 bits per heavy atom. The number of carboxylic acids is 1. The van der Waals surface area contributed by atoms with E-state index in [1.807, 2.05) is 12.1 Å². The highest BCUT2D eigenvalue weighted by Crippen LogP contribution is 2.23. The van der Waals surface area contributed by atoms with Crippen molar-refractivity contribution in [2.45, 2.75) is 19.3 Å². The van der Waals surface area contributed by atoms with Crippen LogP contribution in [0.2, 0.25) is 5.02 Å². The molecule has 0 unspecified atom stereocenters. The first kappa shape index (κ1) is 10.9. The van der Waals surface area contributed by atoms with Crippen molar-refractivity contribution in [3.05, 3.63) is 28.8 Å². The number of rotatable bonds is 4. The highest BCUT2D eigenvalue weighted by atomic mass is 35.5. The summed E-state index contributed by atoms with van der Waals surface area (Å²) in [6.07, 6.45) is 1.39. The molecule has 0 radical (unpaired) electrons. The average Bonchev–Trinajstić information content (AvgIpc) is 2.12. The molecule has 0 heterocycles. The number of aryl methyl sites for hydroxylation is 1. The van der Waals surface area contributed by atoms with Crippen LogP contribution in [0.25, 0.3) is 0 Å². The fraction of sp³-hybridized carbons (Fsp3) is 0.300. The maximum Gasteiger partial charge on any atom is 0.303 e. The molecule has 3 N–H and O–H groups in total. The summed E-state index contributed by atoms with van der Waals surface area (Å²) in [5, 5.41) is 8.98. The second-order valence-corrected chi connectivity index (χ2v) is 3.47. The molecule has 0 aliphatic heterocycles. The maximum atomic E-state index is 10.3. The van der Waals surface area contributed by atoms with Crippen LogP contribution in [0, 0.1) is 0 Å². The van der Waals surface area contributed by atoms with Gasteiger partial charge >= 0.3 is 5.97 Å². The van der Waals surface area contributed by atoms with Crippen molar-refractivity contribution >= 4 is 23.3 Å². The van der Waals surface area contributed by atoms with Crippen LogP contribution in [0.4, 0.5) is 5.69 Å². The molecule has 0 fully saturated rings. The van der Waals surface area contributed by atoms with Crippen LogP contribution in [0.3, 0.4) is 0 Å². The van der Waals surface area contributed by atoms with Gasteiger partial charge in [0.1, 0.15) is 0 Å². The minimum Gasteiger partial charge on any atom is -0.481 e. The smallest absolute Gasteiger partial charge is 0.303 e. The molecule has 0 amide bonds. The van der Waals surface area contributed by atoms with Crippen molar-refractivity contribution in [1.82, 2.24) is 0 Å². The molecule has 0 aromatic heterocycles. The average molecular weight is 214 g/mol. The molecule has 1 aromatic rings. The molecule has 4 heteroatoms. The minimum atomic E-state index is -0.786. The van der Waals surface area contributed by atoms with E-state index in [1.54, 1.807) is 6.07 Å². The molecule has 0 saturated carbocycles. The van der Waals surface area contributed by atoms with E-state index in [-0.39, 0.29) is 6.42 Å². The molecule has 1 rings (SSSR count). The van der Waals surface area contributed by atoms with Crippen LogP contribution in [0.15, 0.2) is 18.2 Å². The molecule has 0 atom stereocenters. The van der Waals surface area contributed by atoms with E-state index in [2.05, 4.69) is 0 Å². The Morgan fingerprint density at radius 1 is 1.50 bits per heavy atom. The maximum absolute atomic E-state index is 10.3. The van der Waals surface area contributed by atoms with Crippen LogP contribution < -0.4 is 5.73 Å². The van der Waals surface area contributed by atoms with Gasteiger partial charge in [0.25, 0.3) is 0 Å². The van der Waals surface area contributed by atoms with Gasteiger partial charge in [0, 0.05) is 6.42 Å². The van der Waals surface area contributed by atoms with Gasteiger partial charge in [-0.2, -0.15) is 0 Å². The quantitative estimate of drug-likeness (QED) is 0.755. The summed E-state index contributed by atoms with van der Waals surface area (Å²) in [6.45, 7) is 0. The van der Waals surface area contributed by atoms with Crippen molar-refractivity contribution < 1.29 is 9.90 Å². The lowest BCUT2D eigenvalue weighted by Gasteiger charge is -2.05. The van der Waals surface area contributed by atoms with Crippen LogP contribution in [0.5, 0.6) is 0 Å². The molecule has 0 bridgehead atoms. The van der Waals surface area contributed by atoms with Gasteiger partial charge < -0.3 is 10.8 Å². The molecule has 0 saturated heterocycles. The van der Waals surface area contributed by atoms with Gasteiger partial charge in [-0.25, -0.2) is 0 Å². The van der Waals surface area contributed by atoms with Gasteiger partial charge in [-0.1, -0.05) is 23.7 Å². The number of benzene rings is 1. The van der Waals surface area contributed by atoms with Crippen LogP contribution in [-0.4, -0.2) is 11.1 Å². The van der Waals surface area contributed by atoms with Crippen molar-refractivity contribution in [3.63, 3.8) is 0 Å². The largest absolute Gasteiger partial charge is 0.481 e. The Morgan fingerprint density at radius 2 is 2.21 bits per heavy atom. The van der Waals surface area contributed by atoms with E-state index in [4.69, 9.17) is 22.4 Å². The predicted molar refractivity (Wildman–Crippen MR) is 56.4 cm³/mol. The third-order valence-electron chi connectivity index (χ3n) is 1.98. The lowest BCUT2D eigenvalue weighted by atomic mass is 10.1. The highest BCUT2D eigenvalue weighted by molar-refractivity contribution is 6.33. The number of hydrogen-bond acceptors (Lipinski definition) is 2. The fourth-order valence-electron chi connectivity index (χ4n) is 1.23.